The monoisotopic (exact) mass is 290 g/mol. The highest BCUT2D eigenvalue weighted by Gasteiger charge is 2.17. The molecule has 0 unspecified atom stereocenters. The van der Waals surface area contributed by atoms with Gasteiger partial charge < -0.3 is 0 Å². The molecule has 2 aromatic rings. The molecule has 0 amide bonds. The van der Waals surface area contributed by atoms with Crippen molar-refractivity contribution in [3.63, 3.8) is 0 Å². The minimum atomic E-state index is -3.47. The molecule has 0 radical (unpaired) electrons. The normalized spacial score (nSPS) is 11.7. The van der Waals surface area contributed by atoms with Gasteiger partial charge in [0.15, 0.2) is 0 Å². The number of rotatable bonds is 6. The number of benzene rings is 2. The Morgan fingerprint density at radius 2 is 1.40 bits per heavy atom. The quantitative estimate of drug-likeness (QED) is 0.886. The summed E-state index contributed by atoms with van der Waals surface area (Å²) in [4.78, 5) is 0. The van der Waals surface area contributed by atoms with Gasteiger partial charge in [0, 0.05) is 20.1 Å². The molecule has 0 aliphatic heterocycles. The smallest absolute Gasteiger partial charge is 0.198 e. The maximum Gasteiger partial charge on any atom is 0.279 e. The second-order valence-electron chi connectivity index (χ2n) is 4.55. The Balaban J connectivity index is 1.96. The first kappa shape index (κ1) is 14.7. The summed E-state index contributed by atoms with van der Waals surface area (Å²) in [6.45, 7) is 0.646. The maximum absolute atomic E-state index is 12.1. The summed E-state index contributed by atoms with van der Waals surface area (Å²) in [6.07, 6.45) is 0. The first-order valence-corrected chi connectivity index (χ1v) is 7.81. The number of hydrogen-bond acceptors (Lipinski definition) is 2. The van der Waals surface area contributed by atoms with Crippen LogP contribution in [-0.4, -0.2) is 19.8 Å². The number of nitrogens with one attached hydrogen (secondary N) is 1. The highest BCUT2D eigenvalue weighted by atomic mass is 32.2. The SMILES string of the molecule is CN(Cc1ccccc1)S(=O)(=O)NCc1ccccc1. The van der Waals surface area contributed by atoms with Gasteiger partial charge in [0.25, 0.3) is 10.2 Å². The Labute approximate surface area is 120 Å². The van der Waals surface area contributed by atoms with E-state index in [-0.39, 0.29) is 0 Å². The molecule has 0 atom stereocenters. The van der Waals surface area contributed by atoms with Crippen LogP contribution >= 0.6 is 0 Å². The van der Waals surface area contributed by atoms with Gasteiger partial charge in [-0.3, -0.25) is 0 Å². The van der Waals surface area contributed by atoms with Crippen molar-refractivity contribution in [1.82, 2.24) is 9.03 Å². The lowest BCUT2D eigenvalue weighted by Crippen LogP contribution is -2.37. The highest BCUT2D eigenvalue weighted by Crippen LogP contribution is 2.06. The molecule has 0 aromatic heterocycles. The van der Waals surface area contributed by atoms with Crippen LogP contribution < -0.4 is 4.72 Å². The molecule has 0 saturated carbocycles. The molecule has 0 aliphatic carbocycles. The van der Waals surface area contributed by atoms with Gasteiger partial charge in [0.1, 0.15) is 0 Å². The molecule has 0 aliphatic rings. The Bertz CT molecular complexity index is 627. The minimum absolute atomic E-state index is 0.294. The molecule has 0 saturated heterocycles. The third kappa shape index (κ3) is 4.16. The standard InChI is InChI=1S/C15H18N2O2S/c1-17(13-15-10-6-3-7-11-15)20(18,19)16-12-14-8-4-2-5-9-14/h2-11,16H,12-13H2,1H3. The predicted molar refractivity (Wildman–Crippen MR) is 80.1 cm³/mol. The predicted octanol–water partition coefficient (Wildman–Crippen LogP) is 2.15. The van der Waals surface area contributed by atoms with E-state index in [1.165, 1.54) is 4.31 Å². The molecular formula is C15H18N2O2S. The van der Waals surface area contributed by atoms with Crippen molar-refractivity contribution >= 4 is 10.2 Å². The second kappa shape index (κ2) is 6.65. The lowest BCUT2D eigenvalue weighted by molar-refractivity contribution is 0.454. The topological polar surface area (TPSA) is 49.4 Å². The van der Waals surface area contributed by atoms with Crippen molar-refractivity contribution in [2.45, 2.75) is 13.1 Å². The first-order chi connectivity index (χ1) is 9.58. The summed E-state index contributed by atoms with van der Waals surface area (Å²) in [5.74, 6) is 0. The molecule has 2 aromatic carbocycles. The van der Waals surface area contributed by atoms with Crippen molar-refractivity contribution in [2.24, 2.45) is 0 Å². The van der Waals surface area contributed by atoms with E-state index in [0.29, 0.717) is 13.1 Å². The van der Waals surface area contributed by atoms with Gasteiger partial charge in [-0.15, -0.1) is 0 Å². The Morgan fingerprint density at radius 1 is 0.900 bits per heavy atom. The molecule has 20 heavy (non-hydrogen) atoms. The van der Waals surface area contributed by atoms with Gasteiger partial charge in [0.05, 0.1) is 0 Å². The van der Waals surface area contributed by atoms with Crippen LogP contribution in [-0.2, 0) is 23.3 Å². The Hall–Kier alpha value is -1.69. The summed E-state index contributed by atoms with van der Waals surface area (Å²) in [7, 11) is -1.90. The molecule has 0 bridgehead atoms. The van der Waals surface area contributed by atoms with E-state index < -0.39 is 10.2 Å². The first-order valence-electron chi connectivity index (χ1n) is 6.37. The van der Waals surface area contributed by atoms with Crippen LogP contribution in [0.5, 0.6) is 0 Å². The van der Waals surface area contributed by atoms with E-state index in [1.54, 1.807) is 7.05 Å². The average Bonchev–Trinajstić information content (AvgIpc) is 2.47. The van der Waals surface area contributed by atoms with E-state index in [1.807, 2.05) is 60.7 Å². The molecule has 0 fully saturated rings. The van der Waals surface area contributed by atoms with Crippen LogP contribution in [0.4, 0.5) is 0 Å². The van der Waals surface area contributed by atoms with Crippen molar-refractivity contribution in [1.29, 1.82) is 0 Å². The lowest BCUT2D eigenvalue weighted by atomic mass is 10.2. The van der Waals surface area contributed by atoms with Crippen molar-refractivity contribution in [2.75, 3.05) is 7.05 Å². The third-order valence-corrected chi connectivity index (χ3v) is 4.42. The minimum Gasteiger partial charge on any atom is -0.198 e. The largest absolute Gasteiger partial charge is 0.279 e. The van der Waals surface area contributed by atoms with Crippen LogP contribution in [0.15, 0.2) is 60.7 Å². The van der Waals surface area contributed by atoms with Crippen molar-refractivity contribution in [3.05, 3.63) is 71.8 Å². The molecular weight excluding hydrogens is 272 g/mol. The van der Waals surface area contributed by atoms with Gasteiger partial charge >= 0.3 is 0 Å². The van der Waals surface area contributed by atoms with Crippen LogP contribution in [0.3, 0.4) is 0 Å². The summed E-state index contributed by atoms with van der Waals surface area (Å²) in [6, 6.07) is 19.0. The molecule has 2 rings (SSSR count). The maximum atomic E-state index is 12.1. The summed E-state index contributed by atoms with van der Waals surface area (Å²) in [5.41, 5.74) is 1.89. The van der Waals surface area contributed by atoms with Gasteiger partial charge in [-0.1, -0.05) is 60.7 Å². The van der Waals surface area contributed by atoms with E-state index in [2.05, 4.69) is 4.72 Å². The van der Waals surface area contributed by atoms with E-state index >= 15 is 0 Å². The fourth-order valence-electron chi connectivity index (χ4n) is 1.81. The summed E-state index contributed by atoms with van der Waals surface area (Å²) in [5, 5.41) is 0. The fourth-order valence-corrected chi connectivity index (χ4v) is 2.69. The molecule has 0 spiro atoms. The molecule has 4 nitrogen and oxygen atoms in total. The van der Waals surface area contributed by atoms with E-state index in [9.17, 15) is 8.42 Å². The molecule has 1 N–H and O–H groups in total. The molecule has 5 heteroatoms. The summed E-state index contributed by atoms with van der Waals surface area (Å²) < 4.78 is 28.2. The van der Waals surface area contributed by atoms with Gasteiger partial charge in [0.2, 0.25) is 0 Å². The van der Waals surface area contributed by atoms with Crippen LogP contribution in [0.1, 0.15) is 11.1 Å². The van der Waals surface area contributed by atoms with Gasteiger partial charge in [-0.05, 0) is 11.1 Å². The Kier molecular flexibility index (Phi) is 4.89. The summed E-state index contributed by atoms with van der Waals surface area (Å²) >= 11 is 0. The van der Waals surface area contributed by atoms with Crippen LogP contribution in [0, 0.1) is 0 Å². The fraction of sp³-hybridized carbons (Fsp3) is 0.200. The number of nitrogens with zero attached hydrogens (tertiary/aromatic N) is 1. The highest BCUT2D eigenvalue weighted by molar-refractivity contribution is 7.87. The lowest BCUT2D eigenvalue weighted by Gasteiger charge is -2.17. The third-order valence-electron chi connectivity index (χ3n) is 2.96. The Morgan fingerprint density at radius 3 is 1.95 bits per heavy atom. The molecule has 0 heterocycles. The zero-order valence-corrected chi connectivity index (χ0v) is 12.2. The average molecular weight is 290 g/mol. The van der Waals surface area contributed by atoms with Crippen molar-refractivity contribution in [3.8, 4) is 0 Å². The zero-order chi connectivity index (χ0) is 14.4. The molecule has 106 valence electrons. The van der Waals surface area contributed by atoms with Crippen LogP contribution in [0.2, 0.25) is 0 Å². The number of hydrogen-bond donors (Lipinski definition) is 1. The van der Waals surface area contributed by atoms with E-state index in [0.717, 1.165) is 11.1 Å². The second-order valence-corrected chi connectivity index (χ2v) is 6.42. The van der Waals surface area contributed by atoms with Gasteiger partial charge in [-0.25, -0.2) is 0 Å². The van der Waals surface area contributed by atoms with Crippen molar-refractivity contribution < 1.29 is 8.42 Å². The van der Waals surface area contributed by atoms with Gasteiger partial charge in [-0.2, -0.15) is 17.4 Å². The zero-order valence-electron chi connectivity index (χ0n) is 11.4. The van der Waals surface area contributed by atoms with E-state index in [4.69, 9.17) is 0 Å². The van der Waals surface area contributed by atoms with Crippen LogP contribution in [0.25, 0.3) is 0 Å².